The van der Waals surface area contributed by atoms with E-state index in [1.807, 2.05) is 0 Å². The van der Waals surface area contributed by atoms with E-state index in [9.17, 15) is 4.79 Å². The summed E-state index contributed by atoms with van der Waals surface area (Å²) in [6.45, 7) is 16.1. The van der Waals surface area contributed by atoms with E-state index < -0.39 is 13.1 Å². The van der Waals surface area contributed by atoms with Crippen LogP contribution < -0.4 is 5.30 Å². The Labute approximate surface area is 266 Å². The Kier molecular flexibility index (Phi) is 7.83. The van der Waals surface area contributed by atoms with E-state index in [-0.39, 0.29) is 15.7 Å². The zero-order valence-corrected chi connectivity index (χ0v) is 29.2. The van der Waals surface area contributed by atoms with Gasteiger partial charge in [-0.15, -0.1) is 9.24 Å². The van der Waals surface area contributed by atoms with Crippen molar-refractivity contribution in [1.29, 1.82) is 0 Å². The number of nitrogens with zero attached hydrogens (tertiary/aromatic N) is 2. The number of carbonyl (C=O) groups excluding carboxylic acids is 1. The molecular formula is C39H44N2OP2. The molecule has 0 saturated carbocycles. The predicted octanol–water partition coefficient (Wildman–Crippen LogP) is 9.57. The van der Waals surface area contributed by atoms with Gasteiger partial charge in [-0.25, -0.2) is 0 Å². The van der Waals surface area contributed by atoms with Crippen molar-refractivity contribution < 1.29 is 4.79 Å². The van der Waals surface area contributed by atoms with Gasteiger partial charge >= 0.3 is 0 Å². The molecule has 44 heavy (non-hydrogen) atoms. The van der Waals surface area contributed by atoms with Crippen molar-refractivity contribution in [1.82, 2.24) is 9.97 Å². The predicted molar refractivity (Wildman–Crippen MR) is 192 cm³/mol. The molecule has 3 heterocycles. The van der Waals surface area contributed by atoms with E-state index in [1.54, 1.807) is 0 Å². The maximum absolute atomic E-state index is 13.0. The van der Waals surface area contributed by atoms with E-state index in [1.165, 1.54) is 16.4 Å². The highest BCUT2D eigenvalue weighted by atomic mass is 31.1. The summed E-state index contributed by atoms with van der Waals surface area (Å²) in [6, 6.07) is 32.6. The van der Waals surface area contributed by atoms with Crippen LogP contribution in [0.1, 0.15) is 83.8 Å². The van der Waals surface area contributed by atoms with E-state index in [0.29, 0.717) is 18.6 Å². The van der Waals surface area contributed by atoms with Crippen LogP contribution in [0.25, 0.3) is 21.8 Å². The topological polar surface area (TPSA) is 42.9 Å². The van der Waals surface area contributed by atoms with Crippen molar-refractivity contribution in [2.75, 3.05) is 0 Å². The van der Waals surface area contributed by atoms with Crippen LogP contribution in [-0.4, -0.2) is 26.1 Å². The maximum atomic E-state index is 13.0. The second-order valence-corrected chi connectivity index (χ2v) is 19.5. The molecule has 3 aromatic carbocycles. The number of hydrogen-bond donors (Lipinski definition) is 0. The number of rotatable bonds is 5. The molecule has 2 aromatic heterocycles. The van der Waals surface area contributed by atoms with Crippen molar-refractivity contribution in [3.63, 3.8) is 0 Å². The molecule has 0 amide bonds. The molecule has 5 aromatic rings. The number of carbonyl (C=O) groups is 1. The van der Waals surface area contributed by atoms with Gasteiger partial charge in [-0.1, -0.05) is 123 Å². The maximum Gasteiger partial charge on any atom is 0.134 e. The Hall–Kier alpha value is -2.99. The van der Waals surface area contributed by atoms with Gasteiger partial charge < -0.3 is 0 Å². The second kappa shape index (κ2) is 11.1. The molecule has 0 radical (unpaired) electrons. The summed E-state index contributed by atoms with van der Waals surface area (Å²) in [4.78, 5) is 23.7. The highest BCUT2D eigenvalue weighted by Gasteiger charge is 2.50. The Balaban J connectivity index is 1.70. The summed E-state index contributed by atoms with van der Waals surface area (Å²) in [5.41, 5.74) is 6.53. The second-order valence-electron chi connectivity index (χ2n) is 15.0. The molecule has 1 unspecified atom stereocenters. The van der Waals surface area contributed by atoms with Crippen LogP contribution in [-0.2, 0) is 16.4 Å². The zero-order chi connectivity index (χ0) is 31.5. The van der Waals surface area contributed by atoms with Gasteiger partial charge in [-0.3, -0.25) is 14.8 Å². The van der Waals surface area contributed by atoms with E-state index in [4.69, 9.17) is 9.97 Å². The molecule has 1 aliphatic heterocycles. The quantitative estimate of drug-likeness (QED) is 0.184. The molecule has 1 atom stereocenters. The number of benzene rings is 3. The Morgan fingerprint density at radius 2 is 1.23 bits per heavy atom. The van der Waals surface area contributed by atoms with Crippen LogP contribution >= 0.6 is 17.2 Å². The first-order chi connectivity index (χ1) is 20.7. The van der Waals surface area contributed by atoms with Crippen molar-refractivity contribution >= 4 is 50.1 Å². The van der Waals surface area contributed by atoms with Gasteiger partial charge in [0.15, 0.2) is 0 Å². The monoisotopic (exact) mass is 618 g/mol. The molecule has 0 aliphatic carbocycles. The Morgan fingerprint density at radius 3 is 1.73 bits per heavy atom. The van der Waals surface area contributed by atoms with Crippen LogP contribution in [0, 0.1) is 5.41 Å². The lowest BCUT2D eigenvalue weighted by molar-refractivity contribution is -0.120. The highest BCUT2D eigenvalue weighted by Crippen LogP contribution is 2.65. The summed E-state index contributed by atoms with van der Waals surface area (Å²) in [5.74, 6) is 0.370. The first kappa shape index (κ1) is 31.0. The van der Waals surface area contributed by atoms with Crippen LogP contribution in [0.4, 0.5) is 0 Å². The lowest BCUT2D eigenvalue weighted by atomic mass is 9.84. The highest BCUT2D eigenvalue weighted by molar-refractivity contribution is 7.69. The number of pyridine rings is 2. The third kappa shape index (κ3) is 5.75. The fraction of sp³-hybridized carbons (Fsp3) is 0.359. The van der Waals surface area contributed by atoms with Crippen molar-refractivity contribution in [3.05, 3.63) is 114 Å². The normalized spacial score (nSPS) is 17.3. The van der Waals surface area contributed by atoms with Gasteiger partial charge in [-0.05, 0) is 62.8 Å². The molecular weight excluding hydrogens is 574 g/mol. The van der Waals surface area contributed by atoms with Crippen molar-refractivity contribution in [3.8, 4) is 0 Å². The molecule has 0 bridgehead atoms. The van der Waals surface area contributed by atoms with Gasteiger partial charge in [-0.2, -0.15) is 0 Å². The largest absolute Gasteiger partial charge is 0.300 e. The van der Waals surface area contributed by atoms with Crippen LogP contribution in [0.15, 0.2) is 91.0 Å². The van der Waals surface area contributed by atoms with Gasteiger partial charge in [0, 0.05) is 23.6 Å². The average Bonchev–Trinajstić information content (AvgIpc) is 2.94. The summed E-state index contributed by atoms with van der Waals surface area (Å²) in [5, 5.41) is 2.58. The smallest absolute Gasteiger partial charge is 0.134 e. The molecule has 1 fully saturated rings. The van der Waals surface area contributed by atoms with Gasteiger partial charge in [0.1, 0.15) is 5.78 Å². The Bertz CT molecular complexity index is 1790. The van der Waals surface area contributed by atoms with Gasteiger partial charge in [0.2, 0.25) is 0 Å². The van der Waals surface area contributed by atoms with Crippen molar-refractivity contribution in [2.45, 2.75) is 83.2 Å². The molecule has 0 spiro atoms. The van der Waals surface area contributed by atoms with Crippen LogP contribution in [0.2, 0.25) is 0 Å². The lowest BCUT2D eigenvalue weighted by Crippen LogP contribution is -2.45. The third-order valence-corrected chi connectivity index (χ3v) is 13.4. The number of fused-ring (bicyclic) bond motifs is 2. The molecule has 1 saturated heterocycles. The minimum Gasteiger partial charge on any atom is -0.300 e. The number of para-hydroxylation sites is 2. The number of ketones is 1. The van der Waals surface area contributed by atoms with Crippen molar-refractivity contribution in [2.24, 2.45) is 5.41 Å². The minimum atomic E-state index is -0.750. The van der Waals surface area contributed by atoms with E-state index in [0.717, 1.165) is 39.6 Å². The summed E-state index contributed by atoms with van der Waals surface area (Å²) in [6.07, 6.45) is 2.18. The Morgan fingerprint density at radius 1 is 0.727 bits per heavy atom. The first-order valence-corrected chi connectivity index (χ1v) is 17.6. The fourth-order valence-electron chi connectivity index (χ4n) is 7.45. The van der Waals surface area contributed by atoms with Crippen LogP contribution in [0.3, 0.4) is 0 Å². The standard InChI is InChI=1S/C39H44N2OP2/c1-36(2,3)23-26-16-19-33(44-37(4,5)24-29(42)25-38(44,6)7)30(22-26)39(43,34-20-17-27-12-8-10-14-31(27)40-34)35-21-18-28-13-9-11-15-32(28)41-35/h8-22H,23-25,43H2,1-7H3. The van der Waals surface area contributed by atoms with E-state index in [2.05, 4.69) is 149 Å². The SMILES string of the molecule is CC(C)(C)Cc1ccc(P2C(C)(C)CC(=O)CC2(C)C)c(C(P)(c2ccc3ccccc3n2)c2ccc3ccccc3n2)c1. The molecule has 1 aliphatic rings. The molecule has 6 rings (SSSR count). The molecule has 226 valence electrons. The number of aromatic nitrogens is 2. The molecule has 0 N–H and O–H groups in total. The molecule has 3 nitrogen and oxygen atoms in total. The fourth-order valence-corrected chi connectivity index (χ4v) is 12.5. The summed E-state index contributed by atoms with van der Waals surface area (Å²) in [7, 11) is 2.50. The van der Waals surface area contributed by atoms with Gasteiger partial charge in [0.25, 0.3) is 0 Å². The first-order valence-electron chi connectivity index (χ1n) is 15.6. The average molecular weight is 619 g/mol. The third-order valence-electron chi connectivity index (χ3n) is 8.94. The van der Waals surface area contributed by atoms with Crippen LogP contribution in [0.5, 0.6) is 0 Å². The molecule has 5 heteroatoms. The minimum absolute atomic E-state index is 0.131. The lowest BCUT2D eigenvalue weighted by Gasteiger charge is -2.50. The number of hydrogen-bond acceptors (Lipinski definition) is 3. The summed E-state index contributed by atoms with van der Waals surface area (Å²) < 4.78 is 0. The number of Topliss-reactive ketones (excluding diaryl/α,β-unsaturated/α-hetero) is 1. The van der Waals surface area contributed by atoms with E-state index >= 15 is 0 Å². The van der Waals surface area contributed by atoms with Gasteiger partial charge in [0.05, 0.1) is 27.6 Å². The summed E-state index contributed by atoms with van der Waals surface area (Å²) >= 11 is 0. The zero-order valence-electron chi connectivity index (χ0n) is 27.1.